The summed E-state index contributed by atoms with van der Waals surface area (Å²) in [7, 11) is -1.77. The van der Waals surface area contributed by atoms with Crippen molar-refractivity contribution in [3.63, 3.8) is 0 Å². The Hall–Kier alpha value is -2.29. The number of para-hydroxylation sites is 1. The fourth-order valence-corrected chi connectivity index (χ4v) is 4.53. The molecular weight excluding hydrogens is 350 g/mol. The van der Waals surface area contributed by atoms with Gasteiger partial charge in [-0.1, -0.05) is 6.07 Å². The van der Waals surface area contributed by atoms with Crippen molar-refractivity contribution in [2.24, 2.45) is 0 Å². The quantitative estimate of drug-likeness (QED) is 0.729. The molecule has 1 fully saturated rings. The number of rotatable bonds is 6. The van der Waals surface area contributed by atoms with E-state index in [0.29, 0.717) is 13.0 Å². The molecule has 1 saturated heterocycles. The molecule has 1 aliphatic heterocycles. The van der Waals surface area contributed by atoms with E-state index in [-0.39, 0.29) is 28.6 Å². The predicted molar refractivity (Wildman–Crippen MR) is 89.4 cm³/mol. The first kappa shape index (κ1) is 19.0. The number of carbonyl (C=O) groups excluding carboxylic acids is 2. The number of sulfone groups is 1. The van der Waals surface area contributed by atoms with Crippen molar-refractivity contribution in [3.05, 3.63) is 23.8 Å². The van der Waals surface area contributed by atoms with Gasteiger partial charge in [0, 0.05) is 12.6 Å². The van der Waals surface area contributed by atoms with Crippen molar-refractivity contribution < 1.29 is 32.6 Å². The lowest BCUT2D eigenvalue weighted by atomic mass is 10.2. The molecule has 1 aromatic carbocycles. The summed E-state index contributed by atoms with van der Waals surface area (Å²) in [6, 6.07) is 3.95. The number of amides is 1. The van der Waals surface area contributed by atoms with Crippen LogP contribution in [0.1, 0.15) is 23.7 Å². The number of nitrogens with zero attached hydrogens (tertiary/aromatic N) is 1. The summed E-state index contributed by atoms with van der Waals surface area (Å²) in [6.45, 7) is 1.53. The number of methoxy groups -OCH3 is 1. The maximum Gasteiger partial charge on any atom is 0.342 e. The molecule has 8 nitrogen and oxygen atoms in total. The molecule has 0 aliphatic carbocycles. The molecule has 2 rings (SSSR count). The van der Waals surface area contributed by atoms with Gasteiger partial charge in [-0.3, -0.25) is 4.79 Å². The number of hydrogen-bond acceptors (Lipinski definition) is 7. The lowest BCUT2D eigenvalue weighted by molar-refractivity contribution is -0.136. The fourth-order valence-electron chi connectivity index (χ4n) is 2.80. The predicted octanol–water partition coefficient (Wildman–Crippen LogP) is 0.593. The van der Waals surface area contributed by atoms with Gasteiger partial charge < -0.3 is 19.5 Å². The topological polar surface area (TPSA) is 110 Å². The minimum atomic E-state index is -3.12. The minimum Gasteiger partial charge on any atom is -0.504 e. The molecule has 1 amide bonds. The summed E-state index contributed by atoms with van der Waals surface area (Å²) < 4.78 is 33.0. The second-order valence-corrected chi connectivity index (χ2v) is 7.90. The average molecular weight is 371 g/mol. The Balaban J connectivity index is 2.00. The number of ether oxygens (including phenoxy) is 2. The number of phenolic OH excluding ortho intramolecular Hbond substituents is 1. The second kappa shape index (κ2) is 7.73. The SMILES string of the molecule is CCN(C(=O)COC(=O)c1cccc(OC)c1O)[C@H]1CCS(=O)(=O)C1. The molecule has 1 atom stereocenters. The largest absolute Gasteiger partial charge is 0.504 e. The minimum absolute atomic E-state index is 0.0545. The molecule has 0 aromatic heterocycles. The van der Waals surface area contributed by atoms with Crippen LogP contribution in [0.5, 0.6) is 11.5 Å². The van der Waals surface area contributed by atoms with Crippen molar-refractivity contribution in [2.75, 3.05) is 31.8 Å². The highest BCUT2D eigenvalue weighted by Gasteiger charge is 2.34. The van der Waals surface area contributed by atoms with E-state index in [4.69, 9.17) is 9.47 Å². The Morgan fingerprint density at radius 2 is 2.08 bits per heavy atom. The molecule has 1 aliphatic rings. The Bertz CT molecular complexity index is 760. The van der Waals surface area contributed by atoms with Crippen LogP contribution in [0.4, 0.5) is 0 Å². The van der Waals surface area contributed by atoms with Crippen molar-refractivity contribution in [3.8, 4) is 11.5 Å². The monoisotopic (exact) mass is 371 g/mol. The summed E-state index contributed by atoms with van der Waals surface area (Å²) in [5, 5.41) is 9.92. The van der Waals surface area contributed by atoms with Crippen molar-refractivity contribution >= 4 is 21.7 Å². The zero-order chi connectivity index (χ0) is 18.6. The van der Waals surface area contributed by atoms with Gasteiger partial charge >= 0.3 is 5.97 Å². The first-order chi connectivity index (χ1) is 11.8. The van der Waals surface area contributed by atoms with E-state index < -0.39 is 34.4 Å². The number of aromatic hydroxyl groups is 1. The van der Waals surface area contributed by atoms with E-state index >= 15 is 0 Å². The van der Waals surface area contributed by atoms with E-state index in [1.807, 2.05) is 0 Å². The first-order valence-corrected chi connectivity index (χ1v) is 9.64. The summed E-state index contributed by atoms with van der Waals surface area (Å²) in [5.41, 5.74) is -0.112. The maximum absolute atomic E-state index is 12.3. The van der Waals surface area contributed by atoms with Crippen LogP contribution >= 0.6 is 0 Å². The Morgan fingerprint density at radius 3 is 2.64 bits per heavy atom. The Labute approximate surface area is 146 Å². The van der Waals surface area contributed by atoms with Gasteiger partial charge in [0.1, 0.15) is 5.56 Å². The van der Waals surface area contributed by atoms with Gasteiger partial charge in [0.05, 0.1) is 18.6 Å². The number of likely N-dealkylation sites (N-methyl/N-ethyl adjacent to an activating group) is 1. The number of esters is 1. The van der Waals surface area contributed by atoms with Gasteiger partial charge in [0.15, 0.2) is 27.9 Å². The molecule has 0 saturated carbocycles. The normalized spacial score (nSPS) is 18.6. The Morgan fingerprint density at radius 1 is 1.36 bits per heavy atom. The molecule has 25 heavy (non-hydrogen) atoms. The molecule has 9 heteroatoms. The summed E-state index contributed by atoms with van der Waals surface area (Å²) >= 11 is 0. The smallest absolute Gasteiger partial charge is 0.342 e. The summed E-state index contributed by atoms with van der Waals surface area (Å²) in [4.78, 5) is 25.8. The average Bonchev–Trinajstić information content (AvgIpc) is 2.93. The number of hydrogen-bond donors (Lipinski definition) is 1. The van der Waals surface area contributed by atoms with Crippen LogP contribution in [-0.2, 0) is 19.4 Å². The highest BCUT2D eigenvalue weighted by molar-refractivity contribution is 7.91. The van der Waals surface area contributed by atoms with E-state index in [2.05, 4.69) is 0 Å². The van der Waals surface area contributed by atoms with Crippen LogP contribution in [-0.4, -0.2) is 68.1 Å². The van der Waals surface area contributed by atoms with Crippen LogP contribution in [0.25, 0.3) is 0 Å². The van der Waals surface area contributed by atoms with Crippen LogP contribution in [0.2, 0.25) is 0 Å². The molecule has 0 unspecified atom stereocenters. The number of benzene rings is 1. The molecule has 0 radical (unpaired) electrons. The van der Waals surface area contributed by atoms with Crippen molar-refractivity contribution in [1.82, 2.24) is 4.90 Å². The van der Waals surface area contributed by atoms with Crippen molar-refractivity contribution in [2.45, 2.75) is 19.4 Å². The standard InChI is InChI=1S/C16H21NO7S/c1-3-17(11-7-8-25(21,22)10-11)14(18)9-24-16(20)12-5-4-6-13(23-2)15(12)19/h4-6,11,19H,3,7-10H2,1-2H3/t11-/m0/s1. The lowest BCUT2D eigenvalue weighted by Gasteiger charge is -2.26. The summed E-state index contributed by atoms with van der Waals surface area (Å²) in [5.74, 6) is -1.60. The fraction of sp³-hybridized carbons (Fsp3) is 0.500. The number of phenols is 1. The van der Waals surface area contributed by atoms with Gasteiger partial charge in [0.25, 0.3) is 5.91 Å². The third kappa shape index (κ3) is 4.41. The lowest BCUT2D eigenvalue weighted by Crippen LogP contribution is -2.43. The van der Waals surface area contributed by atoms with Gasteiger partial charge in [-0.25, -0.2) is 13.2 Å². The third-order valence-corrected chi connectivity index (χ3v) is 5.83. The van der Waals surface area contributed by atoms with Gasteiger partial charge in [0.2, 0.25) is 0 Å². The van der Waals surface area contributed by atoms with E-state index in [0.717, 1.165) is 0 Å². The highest BCUT2D eigenvalue weighted by Crippen LogP contribution is 2.29. The zero-order valence-corrected chi connectivity index (χ0v) is 14.9. The molecular formula is C16H21NO7S. The molecule has 1 N–H and O–H groups in total. The second-order valence-electron chi connectivity index (χ2n) is 5.67. The van der Waals surface area contributed by atoms with Crippen LogP contribution in [0.15, 0.2) is 18.2 Å². The number of carbonyl (C=O) groups is 2. The van der Waals surface area contributed by atoms with Crippen LogP contribution in [0.3, 0.4) is 0 Å². The van der Waals surface area contributed by atoms with Gasteiger partial charge in [-0.05, 0) is 25.5 Å². The van der Waals surface area contributed by atoms with Gasteiger partial charge in [-0.2, -0.15) is 0 Å². The third-order valence-electron chi connectivity index (χ3n) is 4.08. The maximum atomic E-state index is 12.3. The van der Waals surface area contributed by atoms with E-state index in [9.17, 15) is 23.1 Å². The van der Waals surface area contributed by atoms with Crippen molar-refractivity contribution in [1.29, 1.82) is 0 Å². The highest BCUT2D eigenvalue weighted by atomic mass is 32.2. The van der Waals surface area contributed by atoms with Crippen LogP contribution in [0, 0.1) is 0 Å². The van der Waals surface area contributed by atoms with Gasteiger partial charge in [-0.15, -0.1) is 0 Å². The molecule has 0 spiro atoms. The molecule has 0 bridgehead atoms. The zero-order valence-electron chi connectivity index (χ0n) is 14.1. The van der Waals surface area contributed by atoms with Crippen LogP contribution < -0.4 is 4.74 Å². The molecule has 1 heterocycles. The summed E-state index contributed by atoms with van der Waals surface area (Å²) in [6.07, 6.45) is 0.381. The first-order valence-electron chi connectivity index (χ1n) is 7.82. The molecule has 1 aromatic rings. The Kier molecular flexibility index (Phi) is 5.89. The van der Waals surface area contributed by atoms with E-state index in [1.54, 1.807) is 6.92 Å². The van der Waals surface area contributed by atoms with E-state index in [1.165, 1.54) is 30.2 Å². The molecule has 138 valence electrons.